The zero-order valence-corrected chi connectivity index (χ0v) is 42.7. The largest absolute Gasteiger partial charge is 0.462 e. The molecule has 0 N–H and O–H groups in total. The summed E-state index contributed by atoms with van der Waals surface area (Å²) in [5.41, 5.74) is 0. The van der Waals surface area contributed by atoms with Crippen LogP contribution in [0.5, 0.6) is 0 Å². The summed E-state index contributed by atoms with van der Waals surface area (Å²) in [5.74, 6) is 1.68. The number of rotatable bonds is 49. The summed E-state index contributed by atoms with van der Waals surface area (Å²) in [5, 5.41) is 0. The lowest BCUT2D eigenvalue weighted by Gasteiger charge is -2.18. The van der Waals surface area contributed by atoms with Gasteiger partial charge < -0.3 is 14.2 Å². The van der Waals surface area contributed by atoms with Gasteiger partial charge in [0.1, 0.15) is 13.2 Å². The van der Waals surface area contributed by atoms with Crippen LogP contribution in [0.15, 0.2) is 0 Å². The minimum Gasteiger partial charge on any atom is -0.462 e. The lowest BCUT2D eigenvalue weighted by molar-refractivity contribution is -0.167. The monoisotopic (exact) mass is 877 g/mol. The topological polar surface area (TPSA) is 78.9 Å². The van der Waals surface area contributed by atoms with E-state index in [2.05, 4.69) is 41.5 Å². The van der Waals surface area contributed by atoms with Crippen LogP contribution in [-0.2, 0) is 28.6 Å². The summed E-state index contributed by atoms with van der Waals surface area (Å²) < 4.78 is 16.9. The first-order valence-corrected chi connectivity index (χ1v) is 27.6. The van der Waals surface area contributed by atoms with Gasteiger partial charge in [0, 0.05) is 19.3 Å². The summed E-state index contributed by atoms with van der Waals surface area (Å²) in [7, 11) is 0. The van der Waals surface area contributed by atoms with E-state index in [0.29, 0.717) is 19.3 Å². The van der Waals surface area contributed by atoms with Gasteiger partial charge in [0.05, 0.1) is 0 Å². The predicted molar refractivity (Wildman–Crippen MR) is 266 cm³/mol. The molecule has 0 fully saturated rings. The number of unbranched alkanes of at least 4 members (excludes halogenated alkanes) is 31. The van der Waals surface area contributed by atoms with Gasteiger partial charge in [-0.25, -0.2) is 0 Å². The van der Waals surface area contributed by atoms with Gasteiger partial charge in [0.15, 0.2) is 6.10 Å². The van der Waals surface area contributed by atoms with Crippen molar-refractivity contribution in [2.45, 2.75) is 311 Å². The van der Waals surface area contributed by atoms with Crippen LogP contribution in [0.2, 0.25) is 0 Å². The van der Waals surface area contributed by atoms with Gasteiger partial charge in [-0.15, -0.1) is 0 Å². The molecule has 2 atom stereocenters. The first-order valence-electron chi connectivity index (χ1n) is 27.6. The summed E-state index contributed by atoms with van der Waals surface area (Å²) >= 11 is 0. The summed E-state index contributed by atoms with van der Waals surface area (Å²) in [4.78, 5) is 38.1. The fourth-order valence-electron chi connectivity index (χ4n) is 8.44. The molecule has 0 aliphatic rings. The van der Waals surface area contributed by atoms with Gasteiger partial charge in [-0.1, -0.05) is 266 Å². The molecule has 0 saturated heterocycles. The highest BCUT2D eigenvalue weighted by Gasteiger charge is 2.19. The average Bonchev–Trinajstić information content (AvgIpc) is 3.24. The maximum absolute atomic E-state index is 12.8. The van der Waals surface area contributed by atoms with E-state index in [4.69, 9.17) is 14.2 Å². The van der Waals surface area contributed by atoms with Crippen LogP contribution < -0.4 is 0 Å². The molecule has 0 bridgehead atoms. The molecule has 0 heterocycles. The quantitative estimate of drug-likeness (QED) is 0.0344. The van der Waals surface area contributed by atoms with Crippen LogP contribution in [-0.4, -0.2) is 37.2 Å². The molecule has 6 heteroatoms. The molecule has 0 aliphatic carbocycles. The van der Waals surface area contributed by atoms with Gasteiger partial charge in [-0.3, -0.25) is 14.4 Å². The summed E-state index contributed by atoms with van der Waals surface area (Å²) in [6, 6.07) is 0. The van der Waals surface area contributed by atoms with Crippen molar-refractivity contribution in [2.24, 2.45) is 17.8 Å². The molecule has 368 valence electrons. The lowest BCUT2D eigenvalue weighted by Crippen LogP contribution is -2.30. The first-order chi connectivity index (χ1) is 30.1. The van der Waals surface area contributed by atoms with Gasteiger partial charge in [-0.2, -0.15) is 0 Å². The standard InChI is InChI=1S/C56H108O6/c1-7-52(6)44-38-32-26-20-15-17-23-29-35-41-47-56(59)62-53(49-61-55(58)46-40-34-28-22-16-14-19-25-31-37-43-51(4)5)48-60-54(57)45-39-33-27-21-13-11-9-8-10-12-18-24-30-36-42-50(2)3/h50-53H,7-49H2,1-6H3/t52?,53-/m1/s1. The minimum atomic E-state index is -0.763. The molecule has 0 radical (unpaired) electrons. The van der Waals surface area contributed by atoms with Crippen molar-refractivity contribution < 1.29 is 28.6 Å². The Bertz CT molecular complexity index is 962. The highest BCUT2D eigenvalue weighted by Crippen LogP contribution is 2.18. The fraction of sp³-hybridized carbons (Fsp3) is 0.946. The molecular weight excluding hydrogens is 769 g/mol. The molecular formula is C56H108O6. The number of carbonyl (C=O) groups is 3. The summed E-state index contributed by atoms with van der Waals surface area (Å²) in [6.07, 6.45) is 48.0. The molecule has 6 nitrogen and oxygen atoms in total. The Morgan fingerprint density at radius 2 is 0.565 bits per heavy atom. The Kier molecular flexibility index (Phi) is 46.2. The van der Waals surface area contributed by atoms with E-state index < -0.39 is 6.10 Å². The van der Waals surface area contributed by atoms with Crippen molar-refractivity contribution >= 4 is 17.9 Å². The molecule has 0 spiro atoms. The van der Waals surface area contributed by atoms with Crippen molar-refractivity contribution in [2.75, 3.05) is 13.2 Å². The third-order valence-corrected chi connectivity index (χ3v) is 13.0. The van der Waals surface area contributed by atoms with Crippen molar-refractivity contribution in [3.05, 3.63) is 0 Å². The number of ether oxygens (including phenoxy) is 3. The van der Waals surface area contributed by atoms with E-state index in [-0.39, 0.29) is 31.1 Å². The molecule has 0 amide bonds. The molecule has 0 aromatic heterocycles. The number of carbonyl (C=O) groups excluding carboxylic acids is 3. The van der Waals surface area contributed by atoms with E-state index >= 15 is 0 Å². The molecule has 0 rings (SSSR count). The van der Waals surface area contributed by atoms with E-state index in [0.717, 1.165) is 75.5 Å². The van der Waals surface area contributed by atoms with Crippen molar-refractivity contribution in [3.8, 4) is 0 Å². The van der Waals surface area contributed by atoms with Crippen molar-refractivity contribution in [1.29, 1.82) is 0 Å². The average molecular weight is 877 g/mol. The fourth-order valence-corrected chi connectivity index (χ4v) is 8.44. The highest BCUT2D eigenvalue weighted by molar-refractivity contribution is 5.71. The molecule has 1 unspecified atom stereocenters. The second-order valence-electron chi connectivity index (χ2n) is 20.4. The molecule has 0 saturated carbocycles. The van der Waals surface area contributed by atoms with Crippen LogP contribution in [0.25, 0.3) is 0 Å². The van der Waals surface area contributed by atoms with Crippen LogP contribution in [0, 0.1) is 17.8 Å². The molecule has 62 heavy (non-hydrogen) atoms. The molecule has 0 aliphatic heterocycles. The highest BCUT2D eigenvalue weighted by atomic mass is 16.6. The second kappa shape index (κ2) is 47.4. The van der Waals surface area contributed by atoms with Gasteiger partial charge in [0.2, 0.25) is 0 Å². The zero-order valence-electron chi connectivity index (χ0n) is 42.7. The van der Waals surface area contributed by atoms with Gasteiger partial charge >= 0.3 is 17.9 Å². The van der Waals surface area contributed by atoms with E-state index in [1.165, 1.54) is 186 Å². The predicted octanol–water partition coefficient (Wildman–Crippen LogP) is 17.9. The Labute approximate surface area is 387 Å². The van der Waals surface area contributed by atoms with Crippen LogP contribution in [0.1, 0.15) is 305 Å². The maximum Gasteiger partial charge on any atom is 0.306 e. The van der Waals surface area contributed by atoms with Gasteiger partial charge in [0.25, 0.3) is 0 Å². The third-order valence-electron chi connectivity index (χ3n) is 13.0. The Morgan fingerprint density at radius 1 is 0.323 bits per heavy atom. The first kappa shape index (κ1) is 60.4. The maximum atomic E-state index is 12.8. The number of hydrogen-bond donors (Lipinski definition) is 0. The van der Waals surface area contributed by atoms with E-state index in [9.17, 15) is 14.4 Å². The van der Waals surface area contributed by atoms with Crippen LogP contribution in [0.3, 0.4) is 0 Å². The van der Waals surface area contributed by atoms with E-state index in [1.807, 2.05) is 0 Å². The lowest BCUT2D eigenvalue weighted by atomic mass is 9.99. The van der Waals surface area contributed by atoms with Crippen LogP contribution >= 0.6 is 0 Å². The molecule has 0 aromatic rings. The van der Waals surface area contributed by atoms with E-state index in [1.54, 1.807) is 0 Å². The Hall–Kier alpha value is -1.59. The Balaban J connectivity index is 4.31. The minimum absolute atomic E-state index is 0.0641. The SMILES string of the molecule is CCC(C)CCCCCCCCCCCCC(=O)O[C@H](COC(=O)CCCCCCCCCCCCCCCCC(C)C)COC(=O)CCCCCCCCCCCCC(C)C. The molecule has 0 aromatic carbocycles. The summed E-state index contributed by atoms with van der Waals surface area (Å²) in [6.45, 7) is 13.8. The zero-order chi connectivity index (χ0) is 45.6. The van der Waals surface area contributed by atoms with Crippen LogP contribution in [0.4, 0.5) is 0 Å². The second-order valence-corrected chi connectivity index (χ2v) is 20.4. The van der Waals surface area contributed by atoms with Crippen molar-refractivity contribution in [3.63, 3.8) is 0 Å². The van der Waals surface area contributed by atoms with Gasteiger partial charge in [-0.05, 0) is 37.0 Å². The third kappa shape index (κ3) is 47.9. The number of esters is 3. The Morgan fingerprint density at radius 3 is 0.839 bits per heavy atom. The normalized spacial score (nSPS) is 12.6. The van der Waals surface area contributed by atoms with Crippen molar-refractivity contribution in [1.82, 2.24) is 0 Å². The number of hydrogen-bond acceptors (Lipinski definition) is 6. The smallest absolute Gasteiger partial charge is 0.306 e.